The van der Waals surface area contributed by atoms with Gasteiger partial charge in [-0.05, 0) is 62.2 Å². The summed E-state index contributed by atoms with van der Waals surface area (Å²) in [5.41, 5.74) is 3.37. The number of benzene rings is 2. The number of fused-ring (bicyclic) bond motifs is 1. The van der Waals surface area contributed by atoms with E-state index in [-0.39, 0.29) is 16.5 Å². The Kier molecular flexibility index (Phi) is 7.07. The number of anilines is 1. The quantitative estimate of drug-likeness (QED) is 0.405. The number of ether oxygens (including phenoxy) is 1. The average Bonchev–Trinajstić information content (AvgIpc) is 3.20. The van der Waals surface area contributed by atoms with Gasteiger partial charge in [-0.25, -0.2) is 5.43 Å². The van der Waals surface area contributed by atoms with E-state index in [1.54, 1.807) is 31.2 Å². The van der Waals surface area contributed by atoms with Crippen molar-refractivity contribution in [1.29, 1.82) is 0 Å². The molecule has 1 aliphatic rings. The highest BCUT2D eigenvalue weighted by Crippen LogP contribution is 2.35. The maximum absolute atomic E-state index is 13.1. The number of aryl methyl sites for hydroxylation is 1. The Morgan fingerprint density at radius 2 is 1.81 bits per heavy atom. The number of halogens is 4. The molecule has 2 amide bonds. The van der Waals surface area contributed by atoms with E-state index in [1.807, 2.05) is 0 Å². The summed E-state index contributed by atoms with van der Waals surface area (Å²) >= 11 is 6.00. The van der Waals surface area contributed by atoms with Gasteiger partial charge in [0.05, 0.1) is 29.1 Å². The Hall–Kier alpha value is -3.79. The first-order valence-electron chi connectivity index (χ1n) is 10.9. The summed E-state index contributed by atoms with van der Waals surface area (Å²) in [6.45, 7) is 1.65. The van der Waals surface area contributed by atoms with Crippen molar-refractivity contribution < 1.29 is 31.9 Å². The molecule has 188 valence electrons. The molecule has 0 aliphatic heterocycles. The first kappa shape index (κ1) is 25.3. The minimum atomic E-state index is -4.59. The Bertz CT molecular complexity index is 1350. The molecule has 36 heavy (non-hydrogen) atoms. The third-order valence-electron chi connectivity index (χ3n) is 5.72. The van der Waals surface area contributed by atoms with E-state index in [0.29, 0.717) is 53.2 Å². The zero-order valence-corrected chi connectivity index (χ0v) is 20.0. The van der Waals surface area contributed by atoms with Gasteiger partial charge in [0.1, 0.15) is 11.5 Å². The van der Waals surface area contributed by atoms with Gasteiger partial charge in [0, 0.05) is 23.1 Å². The number of nitrogens with one attached hydrogen (secondary N) is 2. The van der Waals surface area contributed by atoms with Crippen molar-refractivity contribution in [3.8, 4) is 5.75 Å². The smallest absolute Gasteiger partial charge is 0.416 e. The molecule has 0 spiro atoms. The number of carbonyl (C=O) groups is 2. The van der Waals surface area contributed by atoms with Gasteiger partial charge in [-0.3, -0.25) is 9.59 Å². The summed E-state index contributed by atoms with van der Waals surface area (Å²) in [4.78, 5) is 25.4. The molecular formula is C25H21ClF3N3O4. The summed E-state index contributed by atoms with van der Waals surface area (Å²) in [5, 5.41) is 6.61. The van der Waals surface area contributed by atoms with Crippen LogP contribution in [-0.2, 0) is 12.6 Å². The van der Waals surface area contributed by atoms with Gasteiger partial charge in [0.25, 0.3) is 11.8 Å². The number of amides is 2. The second kappa shape index (κ2) is 10.1. The fraction of sp³-hybridized carbons (Fsp3) is 0.240. The standard InChI is InChI=1S/C25H21ClF3N3O4/c1-13-21-18(31-32-23(33)14-6-9-16(35-2)10-7-14)4-3-5-20(21)36-22(13)24(34)30-19-12-15(25(27,28)29)8-11-17(19)26/h6-12H,3-5H2,1-2H3,(H,30,34)(H,32,33)/b31-18+. The highest BCUT2D eigenvalue weighted by atomic mass is 35.5. The van der Waals surface area contributed by atoms with E-state index in [1.165, 1.54) is 7.11 Å². The van der Waals surface area contributed by atoms with Crippen LogP contribution in [0.15, 0.2) is 52.0 Å². The summed E-state index contributed by atoms with van der Waals surface area (Å²) < 4.78 is 50.1. The van der Waals surface area contributed by atoms with Crippen LogP contribution in [0.1, 0.15) is 56.2 Å². The lowest BCUT2D eigenvalue weighted by Crippen LogP contribution is -2.22. The van der Waals surface area contributed by atoms with Crippen molar-refractivity contribution in [3.63, 3.8) is 0 Å². The highest BCUT2D eigenvalue weighted by Gasteiger charge is 2.32. The Labute approximate surface area is 209 Å². The van der Waals surface area contributed by atoms with Crippen LogP contribution in [0.25, 0.3) is 0 Å². The first-order valence-corrected chi connectivity index (χ1v) is 11.3. The minimum absolute atomic E-state index is 0.0474. The molecule has 0 saturated heterocycles. The van der Waals surface area contributed by atoms with E-state index >= 15 is 0 Å². The molecule has 0 radical (unpaired) electrons. The summed E-state index contributed by atoms with van der Waals surface area (Å²) in [5.74, 6) is -0.109. The first-order chi connectivity index (χ1) is 17.1. The molecule has 1 aliphatic carbocycles. The van der Waals surface area contributed by atoms with Crippen LogP contribution in [-0.4, -0.2) is 24.6 Å². The van der Waals surface area contributed by atoms with Crippen LogP contribution >= 0.6 is 11.6 Å². The van der Waals surface area contributed by atoms with Crippen molar-refractivity contribution in [2.45, 2.75) is 32.4 Å². The molecule has 0 bridgehead atoms. The number of hydrogen-bond donors (Lipinski definition) is 2. The Balaban J connectivity index is 1.56. The minimum Gasteiger partial charge on any atom is -0.497 e. The maximum atomic E-state index is 13.1. The zero-order chi connectivity index (χ0) is 26.0. The third kappa shape index (κ3) is 5.23. The average molecular weight is 520 g/mol. The number of alkyl halides is 3. The second-order valence-electron chi connectivity index (χ2n) is 8.08. The summed E-state index contributed by atoms with van der Waals surface area (Å²) in [6, 6.07) is 9.18. The lowest BCUT2D eigenvalue weighted by Gasteiger charge is -2.13. The zero-order valence-electron chi connectivity index (χ0n) is 19.3. The van der Waals surface area contributed by atoms with Crippen LogP contribution in [0.3, 0.4) is 0 Å². The SMILES string of the molecule is COc1ccc(C(=O)N/N=C2\CCCc3oc(C(=O)Nc4cc(C(F)(F)F)ccc4Cl)c(C)c32)cc1. The normalized spacial score (nSPS) is 14.3. The van der Waals surface area contributed by atoms with Crippen molar-refractivity contribution in [2.75, 3.05) is 12.4 Å². The van der Waals surface area contributed by atoms with E-state index in [2.05, 4.69) is 15.8 Å². The van der Waals surface area contributed by atoms with Gasteiger partial charge in [-0.15, -0.1) is 0 Å². The number of nitrogens with zero attached hydrogens (tertiary/aromatic N) is 1. The fourth-order valence-electron chi connectivity index (χ4n) is 3.90. The monoisotopic (exact) mass is 519 g/mol. The van der Waals surface area contributed by atoms with Gasteiger partial charge < -0.3 is 14.5 Å². The van der Waals surface area contributed by atoms with Gasteiger partial charge in [0.15, 0.2) is 5.76 Å². The topological polar surface area (TPSA) is 92.9 Å². The van der Waals surface area contributed by atoms with Crippen LogP contribution in [0.2, 0.25) is 5.02 Å². The molecule has 3 aromatic rings. The Morgan fingerprint density at radius 3 is 2.47 bits per heavy atom. The second-order valence-corrected chi connectivity index (χ2v) is 8.49. The molecular weight excluding hydrogens is 499 g/mol. The van der Waals surface area contributed by atoms with Crippen LogP contribution in [0.4, 0.5) is 18.9 Å². The third-order valence-corrected chi connectivity index (χ3v) is 6.05. The molecule has 7 nitrogen and oxygen atoms in total. The summed E-state index contributed by atoms with van der Waals surface area (Å²) in [7, 11) is 1.53. The number of carbonyl (C=O) groups excluding carboxylic acids is 2. The predicted octanol–water partition coefficient (Wildman–Crippen LogP) is 5.99. The highest BCUT2D eigenvalue weighted by molar-refractivity contribution is 6.34. The number of methoxy groups -OCH3 is 1. The van der Waals surface area contributed by atoms with Gasteiger partial charge >= 0.3 is 6.18 Å². The van der Waals surface area contributed by atoms with Crippen molar-refractivity contribution >= 4 is 34.8 Å². The van der Waals surface area contributed by atoms with E-state index in [0.717, 1.165) is 18.2 Å². The van der Waals surface area contributed by atoms with Crippen molar-refractivity contribution in [3.05, 3.63) is 81.3 Å². The predicted molar refractivity (Wildman–Crippen MR) is 128 cm³/mol. The molecule has 0 atom stereocenters. The van der Waals surface area contributed by atoms with E-state index < -0.39 is 23.6 Å². The lowest BCUT2D eigenvalue weighted by atomic mass is 9.93. The van der Waals surface area contributed by atoms with Gasteiger partial charge in [0.2, 0.25) is 0 Å². The molecule has 0 fully saturated rings. The van der Waals surface area contributed by atoms with Crippen molar-refractivity contribution in [2.24, 2.45) is 5.10 Å². The maximum Gasteiger partial charge on any atom is 0.416 e. The molecule has 1 aromatic heterocycles. The van der Waals surface area contributed by atoms with E-state index in [4.69, 9.17) is 20.8 Å². The molecule has 2 N–H and O–H groups in total. The van der Waals surface area contributed by atoms with Crippen LogP contribution < -0.4 is 15.5 Å². The molecule has 1 heterocycles. The number of furan rings is 1. The van der Waals surface area contributed by atoms with Crippen molar-refractivity contribution in [1.82, 2.24) is 5.43 Å². The molecule has 0 saturated carbocycles. The van der Waals surface area contributed by atoms with Gasteiger partial charge in [-0.1, -0.05) is 11.6 Å². The molecule has 4 rings (SSSR count). The van der Waals surface area contributed by atoms with E-state index in [9.17, 15) is 22.8 Å². The Morgan fingerprint density at radius 1 is 1.08 bits per heavy atom. The lowest BCUT2D eigenvalue weighted by molar-refractivity contribution is -0.137. The van der Waals surface area contributed by atoms with Crippen LogP contribution in [0, 0.1) is 6.92 Å². The van der Waals surface area contributed by atoms with Crippen LogP contribution in [0.5, 0.6) is 5.75 Å². The molecule has 2 aromatic carbocycles. The number of rotatable bonds is 5. The number of hydrazone groups is 1. The fourth-order valence-corrected chi connectivity index (χ4v) is 4.06. The molecule has 0 unspecified atom stereocenters. The largest absolute Gasteiger partial charge is 0.497 e. The number of hydrogen-bond acceptors (Lipinski definition) is 5. The summed E-state index contributed by atoms with van der Waals surface area (Å²) in [6.07, 6.45) is -2.83. The van der Waals surface area contributed by atoms with Gasteiger partial charge in [-0.2, -0.15) is 18.3 Å². The molecule has 11 heteroatoms.